The molecule has 2 N–H and O–H groups in total. The Labute approximate surface area is 138 Å². The molecule has 0 aliphatic carbocycles. The third kappa shape index (κ3) is 3.92. The highest BCUT2D eigenvalue weighted by Gasteiger charge is 2.08. The summed E-state index contributed by atoms with van der Waals surface area (Å²) in [5, 5.41) is 5.72. The van der Waals surface area contributed by atoms with E-state index in [0.717, 1.165) is 5.56 Å². The minimum atomic E-state index is -0.370. The van der Waals surface area contributed by atoms with Crippen LogP contribution in [-0.2, 0) is 6.54 Å². The van der Waals surface area contributed by atoms with Gasteiger partial charge in [0.15, 0.2) is 0 Å². The van der Waals surface area contributed by atoms with Gasteiger partial charge in [0.1, 0.15) is 5.82 Å². The molecule has 0 fully saturated rings. The summed E-state index contributed by atoms with van der Waals surface area (Å²) in [7, 11) is 0. The van der Waals surface area contributed by atoms with Crippen molar-refractivity contribution in [1.29, 1.82) is 0 Å². The van der Waals surface area contributed by atoms with E-state index < -0.39 is 0 Å². The maximum Gasteiger partial charge on any atom is 0.253 e. The van der Waals surface area contributed by atoms with Crippen molar-refractivity contribution in [1.82, 2.24) is 15.3 Å². The molecule has 120 valence electrons. The van der Waals surface area contributed by atoms with Gasteiger partial charge in [0.25, 0.3) is 5.91 Å². The zero-order valence-electron chi connectivity index (χ0n) is 12.7. The maximum absolute atomic E-state index is 13.7. The molecule has 0 spiro atoms. The van der Waals surface area contributed by atoms with Crippen molar-refractivity contribution in [2.45, 2.75) is 6.54 Å². The molecule has 24 heavy (non-hydrogen) atoms. The number of carbonyl (C=O) groups excluding carboxylic acids is 1. The smallest absolute Gasteiger partial charge is 0.253 e. The number of halogens is 1. The van der Waals surface area contributed by atoms with Gasteiger partial charge in [-0.25, -0.2) is 4.39 Å². The Bertz CT molecular complexity index is 839. The number of para-hydroxylation sites is 1. The Kier molecular flexibility index (Phi) is 4.76. The molecule has 1 aromatic carbocycles. The molecule has 6 heteroatoms. The third-order valence-electron chi connectivity index (χ3n) is 3.36. The normalized spacial score (nSPS) is 10.2. The number of nitrogens with zero attached hydrogens (tertiary/aromatic N) is 2. The predicted octanol–water partition coefficient (Wildman–Crippen LogP) is 3.29. The van der Waals surface area contributed by atoms with Crippen molar-refractivity contribution in [2.75, 3.05) is 5.32 Å². The molecule has 0 saturated heterocycles. The molecule has 5 nitrogen and oxygen atoms in total. The molecule has 3 rings (SSSR count). The van der Waals surface area contributed by atoms with Crippen LogP contribution in [-0.4, -0.2) is 15.9 Å². The third-order valence-corrected chi connectivity index (χ3v) is 3.36. The molecule has 0 aliphatic heterocycles. The van der Waals surface area contributed by atoms with Gasteiger partial charge in [-0.05, 0) is 35.9 Å². The number of anilines is 2. The molecule has 2 aromatic heterocycles. The fourth-order valence-corrected chi connectivity index (χ4v) is 2.14. The van der Waals surface area contributed by atoms with E-state index in [-0.39, 0.29) is 11.7 Å². The van der Waals surface area contributed by atoms with Gasteiger partial charge in [0.2, 0.25) is 0 Å². The number of carbonyl (C=O) groups is 1. The lowest BCUT2D eigenvalue weighted by atomic mass is 10.2. The first-order valence-electron chi connectivity index (χ1n) is 7.36. The fraction of sp³-hybridized carbons (Fsp3) is 0.0556. The quantitative estimate of drug-likeness (QED) is 0.756. The summed E-state index contributed by atoms with van der Waals surface area (Å²) in [5.74, 6) is -0.624. The van der Waals surface area contributed by atoms with E-state index in [2.05, 4.69) is 20.6 Å². The molecule has 0 bridgehead atoms. The number of aromatic nitrogens is 2. The SMILES string of the molecule is O=C(NCc1ccncc1)c1cncc(Nc2ccccc2F)c1. The van der Waals surface area contributed by atoms with Gasteiger partial charge in [-0.1, -0.05) is 12.1 Å². The molecule has 0 saturated carbocycles. The Balaban J connectivity index is 1.68. The van der Waals surface area contributed by atoms with E-state index in [1.165, 1.54) is 18.5 Å². The predicted molar refractivity (Wildman–Crippen MR) is 89.3 cm³/mol. The van der Waals surface area contributed by atoms with E-state index >= 15 is 0 Å². The zero-order valence-corrected chi connectivity index (χ0v) is 12.7. The van der Waals surface area contributed by atoms with Crippen molar-refractivity contribution in [3.8, 4) is 0 Å². The Morgan fingerprint density at radius 2 is 1.83 bits per heavy atom. The minimum absolute atomic E-state index is 0.253. The average Bonchev–Trinajstić information content (AvgIpc) is 2.63. The molecule has 1 amide bonds. The van der Waals surface area contributed by atoms with Crippen LogP contribution < -0.4 is 10.6 Å². The van der Waals surface area contributed by atoms with Crippen LogP contribution in [0.1, 0.15) is 15.9 Å². The van der Waals surface area contributed by atoms with Gasteiger partial charge < -0.3 is 10.6 Å². The largest absolute Gasteiger partial charge is 0.352 e. The van der Waals surface area contributed by atoms with E-state index in [0.29, 0.717) is 23.5 Å². The standard InChI is InChI=1S/C18H15FN4O/c19-16-3-1-2-4-17(16)23-15-9-14(11-21-12-15)18(24)22-10-13-5-7-20-8-6-13/h1-9,11-12,23H,10H2,(H,22,24). The van der Waals surface area contributed by atoms with Gasteiger partial charge >= 0.3 is 0 Å². The maximum atomic E-state index is 13.7. The summed E-state index contributed by atoms with van der Waals surface area (Å²) < 4.78 is 13.7. The first-order chi connectivity index (χ1) is 11.7. The fourth-order valence-electron chi connectivity index (χ4n) is 2.14. The summed E-state index contributed by atoms with van der Waals surface area (Å²) in [6.45, 7) is 0.395. The molecule has 0 radical (unpaired) electrons. The lowest BCUT2D eigenvalue weighted by Gasteiger charge is -2.09. The highest BCUT2D eigenvalue weighted by Crippen LogP contribution is 2.19. The molecular formula is C18H15FN4O. The van der Waals surface area contributed by atoms with Crippen LogP contribution >= 0.6 is 0 Å². The van der Waals surface area contributed by atoms with Crippen LogP contribution in [0.25, 0.3) is 0 Å². The van der Waals surface area contributed by atoms with Crippen molar-refractivity contribution >= 4 is 17.3 Å². The van der Waals surface area contributed by atoms with Crippen LogP contribution in [0.5, 0.6) is 0 Å². The number of hydrogen-bond acceptors (Lipinski definition) is 4. The van der Waals surface area contributed by atoms with E-state index in [1.54, 1.807) is 36.7 Å². The second-order valence-corrected chi connectivity index (χ2v) is 5.11. The Hall–Kier alpha value is -3.28. The van der Waals surface area contributed by atoms with Crippen molar-refractivity contribution < 1.29 is 9.18 Å². The molecular weight excluding hydrogens is 307 g/mol. The lowest BCUT2D eigenvalue weighted by molar-refractivity contribution is 0.0950. The minimum Gasteiger partial charge on any atom is -0.352 e. The molecule has 0 atom stereocenters. The van der Waals surface area contributed by atoms with E-state index in [9.17, 15) is 9.18 Å². The monoisotopic (exact) mass is 322 g/mol. The highest BCUT2D eigenvalue weighted by molar-refractivity contribution is 5.94. The summed E-state index contributed by atoms with van der Waals surface area (Å²) in [5.41, 5.74) is 2.21. The Morgan fingerprint density at radius 3 is 2.62 bits per heavy atom. The van der Waals surface area contributed by atoms with Gasteiger partial charge in [0.05, 0.1) is 23.1 Å². The molecule has 0 unspecified atom stereocenters. The number of pyridine rings is 2. The molecule has 2 heterocycles. The molecule has 3 aromatic rings. The van der Waals surface area contributed by atoms with Crippen molar-refractivity contribution in [3.05, 3.63) is 84.2 Å². The van der Waals surface area contributed by atoms with Gasteiger partial charge in [-0.2, -0.15) is 0 Å². The van der Waals surface area contributed by atoms with Crippen LogP contribution in [0, 0.1) is 5.82 Å². The summed E-state index contributed by atoms with van der Waals surface area (Å²) in [4.78, 5) is 20.2. The van der Waals surface area contributed by atoms with Crippen molar-refractivity contribution in [3.63, 3.8) is 0 Å². The average molecular weight is 322 g/mol. The summed E-state index contributed by atoms with van der Waals surface area (Å²) in [6, 6.07) is 11.6. The van der Waals surface area contributed by atoms with Gasteiger partial charge in [-0.3, -0.25) is 14.8 Å². The zero-order chi connectivity index (χ0) is 16.8. The topological polar surface area (TPSA) is 66.9 Å². The van der Waals surface area contributed by atoms with Crippen LogP contribution in [0.15, 0.2) is 67.3 Å². The number of hydrogen-bond donors (Lipinski definition) is 2. The second-order valence-electron chi connectivity index (χ2n) is 5.11. The highest BCUT2D eigenvalue weighted by atomic mass is 19.1. The van der Waals surface area contributed by atoms with Crippen LogP contribution in [0.3, 0.4) is 0 Å². The Morgan fingerprint density at radius 1 is 1.04 bits per heavy atom. The van der Waals surface area contributed by atoms with Gasteiger partial charge in [0, 0.05) is 25.1 Å². The summed E-state index contributed by atoms with van der Waals surface area (Å²) >= 11 is 0. The summed E-state index contributed by atoms with van der Waals surface area (Å²) in [6.07, 6.45) is 6.34. The van der Waals surface area contributed by atoms with E-state index in [4.69, 9.17) is 0 Å². The number of amides is 1. The van der Waals surface area contributed by atoms with E-state index in [1.807, 2.05) is 12.1 Å². The number of benzene rings is 1. The first-order valence-corrected chi connectivity index (χ1v) is 7.36. The van der Waals surface area contributed by atoms with Crippen LogP contribution in [0.4, 0.5) is 15.8 Å². The molecule has 0 aliphatic rings. The van der Waals surface area contributed by atoms with Crippen molar-refractivity contribution in [2.24, 2.45) is 0 Å². The van der Waals surface area contributed by atoms with Crippen LogP contribution in [0.2, 0.25) is 0 Å². The number of rotatable bonds is 5. The van der Waals surface area contributed by atoms with Gasteiger partial charge in [-0.15, -0.1) is 0 Å². The lowest BCUT2D eigenvalue weighted by Crippen LogP contribution is -2.23. The second kappa shape index (κ2) is 7.32. The number of nitrogens with one attached hydrogen (secondary N) is 2. The first kappa shape index (κ1) is 15.6.